The van der Waals surface area contributed by atoms with Crippen molar-refractivity contribution in [3.63, 3.8) is 0 Å². The fraction of sp³-hybridized carbons (Fsp3) is 0. The van der Waals surface area contributed by atoms with Crippen molar-refractivity contribution in [2.24, 2.45) is 0 Å². The third kappa shape index (κ3) is 5.01. The van der Waals surface area contributed by atoms with Crippen LogP contribution in [0, 0.1) is 0 Å². The minimum Gasteiger partial charge on any atom is -0.456 e. The van der Waals surface area contributed by atoms with E-state index in [2.05, 4.69) is 120 Å². The van der Waals surface area contributed by atoms with E-state index >= 15 is 0 Å². The van der Waals surface area contributed by atoms with Gasteiger partial charge in [-0.25, -0.2) is 15.0 Å². The summed E-state index contributed by atoms with van der Waals surface area (Å²) in [5.74, 6) is 1.69. The van der Waals surface area contributed by atoms with Gasteiger partial charge < -0.3 is 13.4 Å². The maximum absolute atomic E-state index is 6.65. The molecule has 0 fully saturated rings. The molecule has 6 nitrogen and oxygen atoms in total. The Bertz CT molecular complexity index is 3470. The molecule has 4 aromatic heterocycles. The van der Waals surface area contributed by atoms with Gasteiger partial charge in [-0.15, -0.1) is 0 Å². The summed E-state index contributed by atoms with van der Waals surface area (Å²) in [5, 5.41) is 6.67. The van der Waals surface area contributed by atoms with Crippen LogP contribution in [0.4, 0.5) is 0 Å². The van der Waals surface area contributed by atoms with Gasteiger partial charge in [-0.2, -0.15) is 0 Å². The topological polar surface area (TPSA) is 69.9 Å². The molecule has 4 heterocycles. The van der Waals surface area contributed by atoms with Crippen LogP contribution in [0.15, 0.2) is 191 Å². The number of aromatic nitrogens is 4. The van der Waals surface area contributed by atoms with Crippen LogP contribution in [0.2, 0.25) is 0 Å². The number of nitrogens with zero attached hydrogens (tertiary/aromatic N) is 4. The Hall–Kier alpha value is -7.83. The number of furan rings is 2. The number of rotatable bonds is 5. The Morgan fingerprint density at radius 3 is 1.58 bits per heavy atom. The number of fused-ring (bicyclic) bond motifs is 9. The van der Waals surface area contributed by atoms with E-state index in [1.807, 2.05) is 66.7 Å². The molecular weight excluding hydrogens is 701 g/mol. The molecule has 0 saturated heterocycles. The Morgan fingerprint density at radius 2 is 0.860 bits per heavy atom. The second-order valence-electron chi connectivity index (χ2n) is 14.4. The summed E-state index contributed by atoms with van der Waals surface area (Å²) in [4.78, 5) is 15.3. The zero-order valence-electron chi connectivity index (χ0n) is 30.4. The molecule has 0 atom stereocenters. The van der Waals surface area contributed by atoms with E-state index < -0.39 is 0 Å². The minimum atomic E-state index is 0.554. The Balaban J connectivity index is 1.03. The largest absolute Gasteiger partial charge is 0.456 e. The summed E-state index contributed by atoms with van der Waals surface area (Å²) in [6, 6.07) is 62.6. The van der Waals surface area contributed by atoms with E-state index in [-0.39, 0.29) is 0 Å². The fourth-order valence-corrected chi connectivity index (χ4v) is 8.42. The molecule has 0 radical (unpaired) electrons. The quantitative estimate of drug-likeness (QED) is 0.176. The highest BCUT2D eigenvalue weighted by Gasteiger charge is 2.20. The number of hydrogen-bond acceptors (Lipinski definition) is 5. The SMILES string of the molecule is c1ccc(-c2nc(-c3ccc4c(c3)oc3cc(-n5c6ccccc6c6ccccc65)ccc34)nc(-c3cc(-c4ccccc4)c4c(c3)oc3ccccc34)n2)cc1. The van der Waals surface area contributed by atoms with Gasteiger partial charge in [0.15, 0.2) is 17.5 Å². The molecule has 8 aromatic carbocycles. The summed E-state index contributed by atoms with van der Waals surface area (Å²) in [6.45, 7) is 0. The molecule has 0 amide bonds. The first-order valence-corrected chi connectivity index (χ1v) is 19.0. The lowest BCUT2D eigenvalue weighted by Crippen LogP contribution is -2.00. The first-order valence-electron chi connectivity index (χ1n) is 19.0. The van der Waals surface area contributed by atoms with E-state index in [1.165, 1.54) is 10.8 Å². The van der Waals surface area contributed by atoms with Gasteiger partial charge in [0.25, 0.3) is 0 Å². The van der Waals surface area contributed by atoms with Gasteiger partial charge in [-0.3, -0.25) is 0 Å². The molecule has 0 aliphatic carbocycles. The van der Waals surface area contributed by atoms with Gasteiger partial charge in [-0.1, -0.05) is 121 Å². The smallest absolute Gasteiger partial charge is 0.164 e. The lowest BCUT2D eigenvalue weighted by atomic mass is 9.97. The second kappa shape index (κ2) is 12.3. The zero-order valence-corrected chi connectivity index (χ0v) is 30.4. The number of benzene rings is 8. The van der Waals surface area contributed by atoms with E-state index in [9.17, 15) is 0 Å². The molecule has 57 heavy (non-hydrogen) atoms. The van der Waals surface area contributed by atoms with Crippen LogP contribution in [-0.2, 0) is 0 Å². The van der Waals surface area contributed by atoms with Crippen molar-refractivity contribution in [1.82, 2.24) is 19.5 Å². The predicted octanol–water partition coefficient (Wildman–Crippen LogP) is 13.4. The van der Waals surface area contributed by atoms with Crippen LogP contribution < -0.4 is 0 Å². The third-order valence-electron chi connectivity index (χ3n) is 11.0. The first kappa shape index (κ1) is 31.5. The molecule has 12 rings (SSSR count). The molecule has 0 N–H and O–H groups in total. The third-order valence-corrected chi connectivity index (χ3v) is 11.0. The van der Waals surface area contributed by atoms with E-state index in [0.29, 0.717) is 17.5 Å². The van der Waals surface area contributed by atoms with Crippen molar-refractivity contribution in [3.05, 3.63) is 182 Å². The van der Waals surface area contributed by atoms with Gasteiger partial charge in [0.1, 0.15) is 22.3 Å². The highest BCUT2D eigenvalue weighted by molar-refractivity contribution is 6.14. The number of para-hydroxylation sites is 3. The Morgan fingerprint density at radius 1 is 0.333 bits per heavy atom. The lowest BCUT2D eigenvalue weighted by Gasteiger charge is -2.11. The second-order valence-corrected chi connectivity index (χ2v) is 14.4. The molecule has 266 valence electrons. The summed E-state index contributed by atoms with van der Waals surface area (Å²) in [6.07, 6.45) is 0. The van der Waals surface area contributed by atoms with Crippen LogP contribution >= 0.6 is 0 Å². The molecule has 0 aliphatic heterocycles. The van der Waals surface area contributed by atoms with Crippen LogP contribution in [0.5, 0.6) is 0 Å². The van der Waals surface area contributed by atoms with Crippen molar-refractivity contribution in [3.8, 4) is 51.0 Å². The summed E-state index contributed by atoms with van der Waals surface area (Å²) < 4.78 is 15.4. The summed E-state index contributed by atoms with van der Waals surface area (Å²) >= 11 is 0. The molecule has 0 saturated carbocycles. The van der Waals surface area contributed by atoms with Crippen LogP contribution in [-0.4, -0.2) is 19.5 Å². The molecule has 6 heteroatoms. The van der Waals surface area contributed by atoms with Crippen LogP contribution in [0.25, 0.3) is 117 Å². The average molecular weight is 731 g/mol. The van der Waals surface area contributed by atoms with Gasteiger partial charge in [-0.05, 0) is 65.7 Å². The highest BCUT2D eigenvalue weighted by Crippen LogP contribution is 2.41. The van der Waals surface area contributed by atoms with Gasteiger partial charge >= 0.3 is 0 Å². The fourth-order valence-electron chi connectivity index (χ4n) is 8.42. The monoisotopic (exact) mass is 730 g/mol. The summed E-state index contributed by atoms with van der Waals surface area (Å²) in [7, 11) is 0. The molecule has 0 aliphatic rings. The normalized spacial score (nSPS) is 11.9. The van der Waals surface area contributed by atoms with Gasteiger partial charge in [0.05, 0.1) is 11.0 Å². The van der Waals surface area contributed by atoms with Gasteiger partial charge in [0, 0.05) is 60.8 Å². The van der Waals surface area contributed by atoms with Crippen LogP contribution in [0.3, 0.4) is 0 Å². The minimum absolute atomic E-state index is 0.554. The van der Waals surface area contributed by atoms with Crippen molar-refractivity contribution >= 4 is 65.7 Å². The molecule has 12 aromatic rings. The lowest BCUT2D eigenvalue weighted by molar-refractivity contribution is 0.668. The van der Waals surface area contributed by atoms with Crippen molar-refractivity contribution < 1.29 is 8.83 Å². The Labute approximate surface area is 325 Å². The predicted molar refractivity (Wildman–Crippen MR) is 230 cm³/mol. The maximum Gasteiger partial charge on any atom is 0.164 e. The highest BCUT2D eigenvalue weighted by atomic mass is 16.3. The molecule has 0 spiro atoms. The average Bonchev–Trinajstić information content (AvgIpc) is 3.95. The van der Waals surface area contributed by atoms with Crippen molar-refractivity contribution in [1.29, 1.82) is 0 Å². The molecule has 0 unspecified atom stereocenters. The van der Waals surface area contributed by atoms with E-state index in [0.717, 1.165) is 88.4 Å². The van der Waals surface area contributed by atoms with Crippen molar-refractivity contribution in [2.75, 3.05) is 0 Å². The maximum atomic E-state index is 6.65. The van der Waals surface area contributed by atoms with E-state index in [4.69, 9.17) is 23.8 Å². The number of hydrogen-bond donors (Lipinski definition) is 0. The first-order chi connectivity index (χ1) is 28.2. The van der Waals surface area contributed by atoms with Gasteiger partial charge in [0.2, 0.25) is 0 Å². The molecular formula is C51H30N4O2. The Kier molecular flexibility index (Phi) is 6.83. The molecule has 0 bridgehead atoms. The van der Waals surface area contributed by atoms with E-state index in [1.54, 1.807) is 0 Å². The van der Waals surface area contributed by atoms with Crippen molar-refractivity contribution in [2.45, 2.75) is 0 Å². The summed E-state index contributed by atoms with van der Waals surface area (Å²) in [5.41, 5.74) is 11.3. The zero-order chi connectivity index (χ0) is 37.5. The standard InChI is InChI=1S/C51H30N4O2/c1-3-13-31(14-4-1)41-27-34(29-47-48(41)40-19-9-12-22-44(40)56-47)51-53-49(32-15-5-2-6-16-32)52-50(54-51)33-23-25-38-39-26-24-35(30-46(39)57-45(38)28-33)55-42-20-10-7-17-36(42)37-18-8-11-21-43(37)55/h1-30H. The van der Waals surface area contributed by atoms with Crippen LogP contribution in [0.1, 0.15) is 0 Å².